The highest BCUT2D eigenvalue weighted by Gasteiger charge is 2.37. The number of fused-ring (bicyclic) bond motifs is 1. The second kappa shape index (κ2) is 6.36. The number of para-hydroxylation sites is 1. The van der Waals surface area contributed by atoms with Crippen molar-refractivity contribution in [2.45, 2.75) is 37.7 Å². The van der Waals surface area contributed by atoms with E-state index in [0.29, 0.717) is 5.92 Å². The van der Waals surface area contributed by atoms with Gasteiger partial charge >= 0.3 is 0 Å². The predicted molar refractivity (Wildman–Crippen MR) is 102 cm³/mol. The second-order valence-corrected chi connectivity index (χ2v) is 7.94. The number of benzene rings is 1. The summed E-state index contributed by atoms with van der Waals surface area (Å²) in [6, 6.07) is 9.88. The molecule has 1 N–H and O–H groups in total. The van der Waals surface area contributed by atoms with Gasteiger partial charge < -0.3 is 10.1 Å². The summed E-state index contributed by atoms with van der Waals surface area (Å²) in [6.45, 7) is 0. The van der Waals surface area contributed by atoms with Gasteiger partial charge in [0.05, 0.1) is 5.69 Å². The van der Waals surface area contributed by atoms with Gasteiger partial charge in [-0.2, -0.15) is 0 Å². The number of rotatable bonds is 5. The van der Waals surface area contributed by atoms with Gasteiger partial charge in [-0.05, 0) is 37.8 Å². The maximum Gasteiger partial charge on any atom is 0.229 e. The number of hydrogen-bond acceptors (Lipinski definition) is 5. The van der Waals surface area contributed by atoms with Crippen LogP contribution in [0, 0.1) is 5.92 Å². The van der Waals surface area contributed by atoms with Gasteiger partial charge in [-0.3, -0.25) is 9.78 Å². The van der Waals surface area contributed by atoms with E-state index >= 15 is 0 Å². The minimum atomic E-state index is -0.00351. The Morgan fingerprint density at radius 3 is 2.88 bits per heavy atom. The molecular weight excluding hydrogens is 346 g/mol. The number of ether oxygens (including phenoxy) is 1. The van der Waals surface area contributed by atoms with E-state index in [1.807, 2.05) is 30.3 Å². The van der Waals surface area contributed by atoms with Crippen LogP contribution in [0.25, 0.3) is 10.9 Å². The van der Waals surface area contributed by atoms with Gasteiger partial charge in [0.25, 0.3) is 0 Å². The summed E-state index contributed by atoms with van der Waals surface area (Å²) < 4.78 is 6.08. The van der Waals surface area contributed by atoms with Crippen molar-refractivity contribution < 1.29 is 9.53 Å². The molecule has 2 fully saturated rings. The first kappa shape index (κ1) is 15.8. The Morgan fingerprint density at radius 1 is 1.19 bits per heavy atom. The predicted octanol–water partition coefficient (Wildman–Crippen LogP) is 4.36. The van der Waals surface area contributed by atoms with E-state index in [0.717, 1.165) is 40.3 Å². The summed E-state index contributed by atoms with van der Waals surface area (Å²) >= 11 is 1.52. The van der Waals surface area contributed by atoms with Crippen LogP contribution in [0.1, 0.15) is 37.3 Å². The fourth-order valence-electron chi connectivity index (χ4n) is 3.34. The Bertz CT molecular complexity index is 955. The van der Waals surface area contributed by atoms with Crippen LogP contribution in [-0.4, -0.2) is 22.0 Å². The van der Waals surface area contributed by atoms with E-state index < -0.39 is 0 Å². The molecule has 3 aromatic rings. The van der Waals surface area contributed by atoms with E-state index in [9.17, 15) is 4.79 Å². The molecule has 2 saturated carbocycles. The lowest BCUT2D eigenvalue weighted by Crippen LogP contribution is -2.40. The number of hydrogen-bond donors (Lipinski definition) is 1. The molecule has 1 amide bonds. The number of carbonyl (C=O) groups is 1. The Hall–Kier alpha value is -2.47. The van der Waals surface area contributed by atoms with Crippen LogP contribution in [0.5, 0.6) is 5.75 Å². The molecule has 0 atom stereocenters. The normalized spacial score (nSPS) is 22.0. The van der Waals surface area contributed by atoms with E-state index in [-0.39, 0.29) is 17.9 Å². The first-order valence-corrected chi connectivity index (χ1v) is 9.91. The number of thiazole rings is 1. The van der Waals surface area contributed by atoms with Gasteiger partial charge in [0, 0.05) is 28.8 Å². The van der Waals surface area contributed by atoms with Gasteiger partial charge in [-0.25, -0.2) is 4.98 Å². The number of pyridine rings is 1. The number of anilines is 1. The number of nitrogens with one attached hydrogen (secondary N) is 1. The van der Waals surface area contributed by atoms with Crippen molar-refractivity contribution in [3.05, 3.63) is 47.6 Å². The molecule has 2 aliphatic rings. The van der Waals surface area contributed by atoms with Crippen molar-refractivity contribution in [1.29, 1.82) is 0 Å². The third-order valence-electron chi connectivity index (χ3n) is 5.10. The molecule has 0 unspecified atom stereocenters. The molecular formula is C20H19N3O2S. The van der Waals surface area contributed by atoms with Crippen LogP contribution in [0.15, 0.2) is 41.9 Å². The average molecular weight is 365 g/mol. The maximum absolute atomic E-state index is 12.4. The highest BCUT2D eigenvalue weighted by atomic mass is 32.1. The van der Waals surface area contributed by atoms with Gasteiger partial charge in [-0.15, -0.1) is 11.3 Å². The summed E-state index contributed by atoms with van der Waals surface area (Å²) in [4.78, 5) is 21.3. The van der Waals surface area contributed by atoms with Crippen molar-refractivity contribution in [2.24, 2.45) is 5.92 Å². The third kappa shape index (κ3) is 3.05. The molecule has 0 saturated heterocycles. The largest absolute Gasteiger partial charge is 0.488 e. The van der Waals surface area contributed by atoms with E-state index in [2.05, 4.69) is 20.7 Å². The maximum atomic E-state index is 12.4. The number of aromatic nitrogens is 2. The van der Waals surface area contributed by atoms with E-state index in [4.69, 9.17) is 4.74 Å². The number of nitrogens with zero attached hydrogens (tertiary/aromatic N) is 2. The second-order valence-electron chi connectivity index (χ2n) is 7.08. The van der Waals surface area contributed by atoms with Crippen molar-refractivity contribution in [1.82, 2.24) is 9.97 Å². The summed E-state index contributed by atoms with van der Waals surface area (Å²) in [5.41, 5.74) is 2.00. The molecule has 132 valence electrons. The molecule has 5 rings (SSSR count). The Morgan fingerprint density at radius 2 is 2.04 bits per heavy atom. The smallest absolute Gasteiger partial charge is 0.229 e. The van der Waals surface area contributed by atoms with E-state index in [1.54, 1.807) is 6.20 Å². The zero-order chi connectivity index (χ0) is 17.5. The van der Waals surface area contributed by atoms with Crippen molar-refractivity contribution >= 4 is 33.3 Å². The molecule has 26 heavy (non-hydrogen) atoms. The van der Waals surface area contributed by atoms with Gasteiger partial charge in [0.1, 0.15) is 17.4 Å². The van der Waals surface area contributed by atoms with Gasteiger partial charge in [0.15, 0.2) is 5.13 Å². The molecule has 0 aliphatic heterocycles. The fraction of sp³-hybridized carbons (Fsp3) is 0.350. The topological polar surface area (TPSA) is 64.1 Å². The lowest BCUT2D eigenvalue weighted by Gasteiger charge is -2.34. The quantitative estimate of drug-likeness (QED) is 0.729. The zero-order valence-corrected chi connectivity index (χ0v) is 15.0. The lowest BCUT2D eigenvalue weighted by molar-refractivity contribution is -0.125. The monoisotopic (exact) mass is 365 g/mol. The van der Waals surface area contributed by atoms with Crippen molar-refractivity contribution in [3.8, 4) is 5.75 Å². The molecule has 1 aromatic carbocycles. The SMILES string of the molecule is O=C(Nc1nc(C2CC2)cs1)C1CC(Oc2cccc3cccnc23)C1. The summed E-state index contributed by atoms with van der Waals surface area (Å²) in [6.07, 6.45) is 5.75. The van der Waals surface area contributed by atoms with Crippen LogP contribution in [0.2, 0.25) is 0 Å². The summed E-state index contributed by atoms with van der Waals surface area (Å²) in [7, 11) is 0. The van der Waals surface area contributed by atoms with Crippen molar-refractivity contribution in [3.63, 3.8) is 0 Å². The van der Waals surface area contributed by atoms with Crippen LogP contribution in [-0.2, 0) is 4.79 Å². The third-order valence-corrected chi connectivity index (χ3v) is 5.88. The molecule has 2 aromatic heterocycles. The Balaban J connectivity index is 1.18. The van der Waals surface area contributed by atoms with Crippen LogP contribution in [0.4, 0.5) is 5.13 Å². The summed E-state index contributed by atoms with van der Waals surface area (Å²) in [5.74, 6) is 1.46. The first-order chi connectivity index (χ1) is 12.8. The van der Waals surface area contributed by atoms with Crippen LogP contribution in [0.3, 0.4) is 0 Å². The molecule has 0 radical (unpaired) electrons. The van der Waals surface area contributed by atoms with Gasteiger partial charge in [-0.1, -0.05) is 18.2 Å². The highest BCUT2D eigenvalue weighted by molar-refractivity contribution is 7.13. The minimum absolute atomic E-state index is 0.00351. The number of amides is 1. The van der Waals surface area contributed by atoms with Crippen LogP contribution < -0.4 is 10.1 Å². The zero-order valence-electron chi connectivity index (χ0n) is 14.2. The number of carbonyl (C=O) groups excluding carboxylic acids is 1. The van der Waals surface area contributed by atoms with Gasteiger partial charge in [0.2, 0.25) is 5.91 Å². The molecule has 5 nitrogen and oxygen atoms in total. The minimum Gasteiger partial charge on any atom is -0.488 e. The van der Waals surface area contributed by atoms with Crippen LogP contribution >= 0.6 is 11.3 Å². The van der Waals surface area contributed by atoms with Crippen molar-refractivity contribution in [2.75, 3.05) is 5.32 Å². The fourth-order valence-corrected chi connectivity index (χ4v) is 4.14. The molecule has 0 spiro atoms. The average Bonchev–Trinajstić information content (AvgIpc) is 3.37. The standard InChI is InChI=1S/C20H19N3O2S/c24-19(23-20-22-16(11-26-20)12-6-7-12)14-9-15(10-14)25-17-5-1-3-13-4-2-8-21-18(13)17/h1-5,8,11-12,14-15H,6-7,9-10H2,(H,22,23,24). The Labute approximate surface area is 155 Å². The Kier molecular flexibility index (Phi) is 3.85. The highest BCUT2D eigenvalue weighted by Crippen LogP contribution is 2.41. The van der Waals surface area contributed by atoms with E-state index in [1.165, 1.54) is 24.2 Å². The first-order valence-electron chi connectivity index (χ1n) is 9.03. The molecule has 6 heteroatoms. The lowest BCUT2D eigenvalue weighted by atomic mass is 9.81. The molecule has 2 aliphatic carbocycles. The summed E-state index contributed by atoms with van der Waals surface area (Å²) in [5, 5.41) is 6.81. The molecule has 0 bridgehead atoms. The molecule has 2 heterocycles.